The molecule has 1 aliphatic rings. The molecule has 0 bridgehead atoms. The summed E-state index contributed by atoms with van der Waals surface area (Å²) in [6, 6.07) is 5.44. The molecule has 1 fully saturated rings. The molecule has 2 aromatic rings. The Balaban J connectivity index is 0.00000176. The summed E-state index contributed by atoms with van der Waals surface area (Å²) in [7, 11) is 1.79. The number of fused-ring (bicyclic) bond motifs is 1. The van der Waals surface area contributed by atoms with Crippen LogP contribution in [0.1, 0.15) is 24.8 Å². The Hall–Kier alpha value is -1.31. The first kappa shape index (κ1) is 17.1. The van der Waals surface area contributed by atoms with Gasteiger partial charge in [0.05, 0.1) is 0 Å². The number of H-pyrrole nitrogens is 1. The van der Waals surface area contributed by atoms with E-state index in [1.807, 2.05) is 12.3 Å². The van der Waals surface area contributed by atoms with E-state index in [0.717, 1.165) is 29.8 Å². The standard InChI is InChI=1S/C16H21FN4.HI/c1-18-16(21-13-3-2-4-13)19-8-7-11-10-20-15-9-12(17)5-6-14(11)15;/h5-6,9-10,13,20H,2-4,7-8H2,1H3,(H2,18,19,21);1H. The first-order chi connectivity index (χ1) is 10.3. The molecule has 3 N–H and O–H groups in total. The van der Waals surface area contributed by atoms with Gasteiger partial charge in [0.2, 0.25) is 0 Å². The van der Waals surface area contributed by atoms with E-state index in [1.54, 1.807) is 7.05 Å². The molecular formula is C16H22FIN4. The number of nitrogens with one attached hydrogen (secondary N) is 3. The van der Waals surface area contributed by atoms with Gasteiger partial charge in [-0.15, -0.1) is 24.0 Å². The number of guanidine groups is 1. The van der Waals surface area contributed by atoms with E-state index in [9.17, 15) is 4.39 Å². The number of hydrogen-bond acceptors (Lipinski definition) is 1. The fraction of sp³-hybridized carbons (Fsp3) is 0.438. The summed E-state index contributed by atoms with van der Waals surface area (Å²) < 4.78 is 13.2. The van der Waals surface area contributed by atoms with Crippen molar-refractivity contribution in [1.29, 1.82) is 0 Å². The van der Waals surface area contributed by atoms with Crippen molar-refractivity contribution in [3.8, 4) is 0 Å². The van der Waals surface area contributed by atoms with Gasteiger partial charge in [0.1, 0.15) is 5.82 Å². The van der Waals surface area contributed by atoms with E-state index < -0.39 is 0 Å². The summed E-state index contributed by atoms with van der Waals surface area (Å²) in [5.74, 6) is 0.657. The van der Waals surface area contributed by atoms with Crippen molar-refractivity contribution >= 4 is 40.8 Å². The fourth-order valence-electron chi connectivity index (χ4n) is 2.62. The van der Waals surface area contributed by atoms with E-state index in [0.29, 0.717) is 6.04 Å². The van der Waals surface area contributed by atoms with Crippen LogP contribution in [0, 0.1) is 5.82 Å². The van der Waals surface area contributed by atoms with Gasteiger partial charge in [-0.3, -0.25) is 4.99 Å². The lowest BCUT2D eigenvalue weighted by Crippen LogP contribution is -2.46. The van der Waals surface area contributed by atoms with E-state index >= 15 is 0 Å². The van der Waals surface area contributed by atoms with Gasteiger partial charge in [0, 0.05) is 36.7 Å². The maximum Gasteiger partial charge on any atom is 0.191 e. The van der Waals surface area contributed by atoms with Crippen LogP contribution in [0.4, 0.5) is 4.39 Å². The minimum atomic E-state index is -0.209. The number of aliphatic imine (C=N–C) groups is 1. The van der Waals surface area contributed by atoms with Crippen LogP contribution in [0.3, 0.4) is 0 Å². The maximum atomic E-state index is 13.2. The van der Waals surface area contributed by atoms with Gasteiger partial charge in [-0.05, 0) is 49.4 Å². The van der Waals surface area contributed by atoms with E-state index in [1.165, 1.54) is 37.0 Å². The second-order valence-corrected chi connectivity index (χ2v) is 5.52. The number of hydrogen-bond donors (Lipinski definition) is 3. The second-order valence-electron chi connectivity index (χ2n) is 5.52. The Morgan fingerprint density at radius 3 is 2.91 bits per heavy atom. The fourth-order valence-corrected chi connectivity index (χ4v) is 2.62. The van der Waals surface area contributed by atoms with Gasteiger partial charge in [-0.25, -0.2) is 4.39 Å². The maximum absolute atomic E-state index is 13.2. The van der Waals surface area contributed by atoms with Gasteiger partial charge in [-0.2, -0.15) is 0 Å². The molecule has 120 valence electrons. The zero-order valence-corrected chi connectivity index (χ0v) is 15.0. The van der Waals surface area contributed by atoms with Crippen LogP contribution in [-0.2, 0) is 6.42 Å². The Morgan fingerprint density at radius 2 is 2.23 bits per heavy atom. The van der Waals surface area contributed by atoms with Crippen LogP contribution in [0.25, 0.3) is 10.9 Å². The Bertz CT molecular complexity index is 649. The SMILES string of the molecule is CN=C(NCCc1c[nH]c2cc(F)ccc12)NC1CCC1.I. The lowest BCUT2D eigenvalue weighted by Gasteiger charge is -2.28. The molecule has 1 aromatic carbocycles. The molecule has 0 spiro atoms. The largest absolute Gasteiger partial charge is 0.361 e. The molecular weight excluding hydrogens is 394 g/mol. The average molecular weight is 416 g/mol. The summed E-state index contributed by atoms with van der Waals surface area (Å²) in [5, 5.41) is 7.83. The monoisotopic (exact) mass is 416 g/mol. The van der Waals surface area contributed by atoms with Crippen molar-refractivity contribution < 1.29 is 4.39 Å². The lowest BCUT2D eigenvalue weighted by molar-refractivity contribution is 0.380. The summed E-state index contributed by atoms with van der Waals surface area (Å²) in [5.41, 5.74) is 2.04. The van der Waals surface area contributed by atoms with Crippen molar-refractivity contribution in [3.63, 3.8) is 0 Å². The molecule has 1 aliphatic carbocycles. The van der Waals surface area contributed by atoms with Crippen LogP contribution in [0.5, 0.6) is 0 Å². The van der Waals surface area contributed by atoms with Crippen molar-refractivity contribution in [2.45, 2.75) is 31.7 Å². The highest BCUT2D eigenvalue weighted by molar-refractivity contribution is 14.0. The highest BCUT2D eigenvalue weighted by Crippen LogP contribution is 2.19. The third kappa shape index (κ3) is 3.91. The molecule has 0 unspecified atom stereocenters. The van der Waals surface area contributed by atoms with E-state index in [-0.39, 0.29) is 29.8 Å². The molecule has 1 saturated carbocycles. The predicted octanol–water partition coefficient (Wildman–Crippen LogP) is 3.19. The molecule has 6 heteroatoms. The number of nitrogens with zero attached hydrogens (tertiary/aromatic N) is 1. The molecule has 0 atom stereocenters. The third-order valence-electron chi connectivity index (χ3n) is 4.09. The Morgan fingerprint density at radius 1 is 1.41 bits per heavy atom. The second kappa shape index (κ2) is 7.80. The summed E-state index contributed by atoms with van der Waals surface area (Å²) in [4.78, 5) is 7.36. The number of halogens is 2. The summed E-state index contributed by atoms with van der Waals surface area (Å²) in [6.07, 6.45) is 6.59. The summed E-state index contributed by atoms with van der Waals surface area (Å²) in [6.45, 7) is 0.802. The Labute approximate surface area is 147 Å². The quantitative estimate of drug-likeness (QED) is 0.408. The van der Waals surface area contributed by atoms with Crippen LogP contribution in [0.15, 0.2) is 29.4 Å². The summed E-state index contributed by atoms with van der Waals surface area (Å²) >= 11 is 0. The normalized spacial score (nSPS) is 15.3. The zero-order chi connectivity index (χ0) is 14.7. The number of aromatic nitrogens is 1. The minimum absolute atomic E-state index is 0. The molecule has 3 rings (SSSR count). The topological polar surface area (TPSA) is 52.2 Å². The van der Waals surface area contributed by atoms with Gasteiger partial charge in [-0.1, -0.05) is 0 Å². The lowest BCUT2D eigenvalue weighted by atomic mass is 9.93. The first-order valence-corrected chi connectivity index (χ1v) is 7.49. The molecule has 1 aromatic heterocycles. The first-order valence-electron chi connectivity index (χ1n) is 7.49. The molecule has 0 amide bonds. The predicted molar refractivity (Wildman–Crippen MR) is 99.5 cm³/mol. The van der Waals surface area contributed by atoms with Crippen LogP contribution in [0.2, 0.25) is 0 Å². The minimum Gasteiger partial charge on any atom is -0.361 e. The highest BCUT2D eigenvalue weighted by atomic mass is 127. The third-order valence-corrected chi connectivity index (χ3v) is 4.09. The molecule has 0 aliphatic heterocycles. The number of rotatable bonds is 4. The average Bonchev–Trinajstić information content (AvgIpc) is 2.83. The smallest absolute Gasteiger partial charge is 0.191 e. The number of aromatic amines is 1. The van der Waals surface area contributed by atoms with Crippen LogP contribution < -0.4 is 10.6 Å². The van der Waals surface area contributed by atoms with Gasteiger partial charge < -0.3 is 15.6 Å². The number of benzene rings is 1. The highest BCUT2D eigenvalue weighted by Gasteiger charge is 2.18. The molecule has 4 nitrogen and oxygen atoms in total. The van der Waals surface area contributed by atoms with Gasteiger partial charge in [0.25, 0.3) is 0 Å². The van der Waals surface area contributed by atoms with Crippen molar-refractivity contribution in [3.05, 3.63) is 35.8 Å². The van der Waals surface area contributed by atoms with E-state index in [2.05, 4.69) is 20.6 Å². The Kier molecular flexibility index (Phi) is 6.05. The van der Waals surface area contributed by atoms with Crippen LogP contribution in [-0.4, -0.2) is 30.6 Å². The zero-order valence-electron chi connectivity index (χ0n) is 12.7. The van der Waals surface area contributed by atoms with Gasteiger partial charge in [0.15, 0.2) is 5.96 Å². The van der Waals surface area contributed by atoms with Gasteiger partial charge >= 0.3 is 0 Å². The van der Waals surface area contributed by atoms with E-state index in [4.69, 9.17) is 0 Å². The van der Waals surface area contributed by atoms with Crippen molar-refractivity contribution in [2.75, 3.05) is 13.6 Å². The molecule has 0 radical (unpaired) electrons. The molecule has 22 heavy (non-hydrogen) atoms. The van der Waals surface area contributed by atoms with Crippen molar-refractivity contribution in [2.24, 2.45) is 4.99 Å². The molecule has 0 saturated heterocycles. The van der Waals surface area contributed by atoms with Crippen molar-refractivity contribution in [1.82, 2.24) is 15.6 Å². The van der Waals surface area contributed by atoms with Crippen LogP contribution >= 0.6 is 24.0 Å². The molecule has 1 heterocycles.